The highest BCUT2D eigenvalue weighted by Crippen LogP contribution is 1.84. The van der Waals surface area contributed by atoms with E-state index in [9.17, 15) is 14.7 Å². The number of hydrogen-bond donors (Lipinski definition) is 3. The predicted octanol–water partition coefficient (Wildman–Crippen LogP) is -1.45. The Kier molecular flexibility index (Phi) is 7.02. The van der Waals surface area contributed by atoms with E-state index in [4.69, 9.17) is 0 Å². The summed E-state index contributed by atoms with van der Waals surface area (Å²) in [5.41, 5.74) is 0. The summed E-state index contributed by atoms with van der Waals surface area (Å²) in [7, 11) is 0. The third-order valence-electron chi connectivity index (χ3n) is 0.845. The Hall–Kier alpha value is -0.750. The van der Waals surface area contributed by atoms with E-state index in [1.807, 2.05) is 0 Å². The van der Waals surface area contributed by atoms with Crippen LogP contribution in [0, 0.1) is 0 Å². The van der Waals surface area contributed by atoms with Crippen molar-refractivity contribution < 1.29 is 14.7 Å². The number of carboxylic acid groups (broad SMARTS) is 1. The maximum absolute atomic E-state index is 10.3. The first-order valence-electron chi connectivity index (χ1n) is 2.66. The summed E-state index contributed by atoms with van der Waals surface area (Å²) in [6.07, 6.45) is 0. The number of rotatable bonds is 3. The minimum absolute atomic E-state index is 0. The van der Waals surface area contributed by atoms with Gasteiger partial charge < -0.3 is 21.4 Å². The number of nitrogens with one attached hydrogen (secondary N) is 1. The largest absolute Gasteiger partial charge is 0.548 e. The minimum atomic E-state index is -1.31. The zero-order valence-corrected chi connectivity index (χ0v) is 7.35. The molecule has 1 atom stereocenters. The predicted molar refractivity (Wildman–Crippen MR) is 42.4 cm³/mol. The second-order valence-electron chi connectivity index (χ2n) is 1.75. The summed E-state index contributed by atoms with van der Waals surface area (Å²) in [6.45, 7) is 1.24. The van der Waals surface area contributed by atoms with Crippen molar-refractivity contribution in [3.8, 4) is 0 Å². The highest BCUT2D eigenvalue weighted by molar-refractivity contribution is 7.80. The third kappa shape index (κ3) is 5.68. The van der Waals surface area contributed by atoms with Crippen molar-refractivity contribution in [2.45, 2.75) is 13.0 Å². The number of amides is 1. The Morgan fingerprint density at radius 3 is 2.18 bits per heavy atom. The van der Waals surface area contributed by atoms with E-state index in [-0.39, 0.29) is 11.9 Å². The van der Waals surface area contributed by atoms with Gasteiger partial charge in [-0.15, -0.1) is 0 Å². The van der Waals surface area contributed by atoms with Crippen molar-refractivity contribution in [1.29, 1.82) is 0 Å². The van der Waals surface area contributed by atoms with Gasteiger partial charge in [0.05, 0.1) is 12.0 Å². The Morgan fingerprint density at radius 2 is 2.09 bits per heavy atom. The van der Waals surface area contributed by atoms with Gasteiger partial charge in [-0.1, -0.05) is 0 Å². The molecule has 0 spiro atoms. The van der Waals surface area contributed by atoms with E-state index in [1.54, 1.807) is 0 Å². The molecule has 0 aliphatic carbocycles. The molecular weight excluding hydrogens is 168 g/mol. The van der Waals surface area contributed by atoms with Crippen molar-refractivity contribution in [2.75, 3.05) is 5.75 Å². The van der Waals surface area contributed by atoms with E-state index < -0.39 is 17.9 Å². The molecule has 66 valence electrons. The number of hydrogen-bond acceptors (Lipinski definition) is 4. The monoisotopic (exact) mass is 180 g/mol. The Labute approximate surface area is 70.2 Å². The summed E-state index contributed by atoms with van der Waals surface area (Å²) in [4.78, 5) is 20.4. The summed E-state index contributed by atoms with van der Waals surface area (Å²) in [5.74, 6) is -1.67. The van der Waals surface area contributed by atoms with Crippen LogP contribution in [0.2, 0.25) is 0 Å². The van der Waals surface area contributed by atoms with Gasteiger partial charge in [0.1, 0.15) is 0 Å². The lowest BCUT2D eigenvalue weighted by atomic mass is 10.3. The van der Waals surface area contributed by atoms with E-state index >= 15 is 0 Å². The van der Waals surface area contributed by atoms with E-state index in [2.05, 4.69) is 17.9 Å². The first-order chi connectivity index (χ1) is 4.57. The van der Waals surface area contributed by atoms with Gasteiger partial charge in [-0.25, -0.2) is 0 Å². The van der Waals surface area contributed by atoms with E-state index in [1.165, 1.54) is 6.92 Å². The lowest BCUT2D eigenvalue weighted by Gasteiger charge is -2.15. The van der Waals surface area contributed by atoms with Crippen LogP contribution in [0.1, 0.15) is 6.92 Å². The molecule has 5 nitrogen and oxygen atoms in total. The summed E-state index contributed by atoms with van der Waals surface area (Å²) >= 11 is 3.69. The molecule has 0 heterocycles. The quantitative estimate of drug-likeness (QED) is 0.462. The molecule has 0 aliphatic heterocycles. The number of quaternary nitrogens is 1. The summed E-state index contributed by atoms with van der Waals surface area (Å²) < 4.78 is 0. The summed E-state index contributed by atoms with van der Waals surface area (Å²) in [5, 5.41) is 12.2. The third-order valence-corrected chi connectivity index (χ3v) is 1.21. The van der Waals surface area contributed by atoms with Crippen LogP contribution >= 0.6 is 12.6 Å². The Balaban J connectivity index is 0. The van der Waals surface area contributed by atoms with Crippen molar-refractivity contribution in [1.82, 2.24) is 11.5 Å². The first-order valence-corrected chi connectivity index (χ1v) is 3.30. The number of aliphatic carboxylic acids is 1. The minimum Gasteiger partial charge on any atom is -0.548 e. The number of carbonyl (C=O) groups is 2. The number of thiol groups is 1. The molecule has 0 unspecified atom stereocenters. The van der Waals surface area contributed by atoms with Gasteiger partial charge >= 0.3 is 0 Å². The topological polar surface area (TPSA) is 106 Å². The normalized spacial score (nSPS) is 11.1. The molecule has 0 saturated carbocycles. The maximum Gasteiger partial charge on any atom is 0.217 e. The van der Waals surface area contributed by atoms with Crippen LogP contribution in [-0.4, -0.2) is 23.7 Å². The van der Waals surface area contributed by atoms with Crippen LogP contribution in [0.15, 0.2) is 0 Å². The highest BCUT2D eigenvalue weighted by atomic mass is 32.1. The molecule has 1 amide bonds. The molecule has 0 aromatic heterocycles. The van der Waals surface area contributed by atoms with Crippen LogP contribution in [0.4, 0.5) is 0 Å². The van der Waals surface area contributed by atoms with E-state index in [0.717, 1.165) is 0 Å². The lowest BCUT2D eigenvalue weighted by Crippen LogP contribution is -2.48. The van der Waals surface area contributed by atoms with Crippen LogP contribution in [0.5, 0.6) is 0 Å². The van der Waals surface area contributed by atoms with Gasteiger partial charge in [-0.05, 0) is 0 Å². The van der Waals surface area contributed by atoms with Crippen LogP contribution in [0.25, 0.3) is 0 Å². The molecule has 0 aromatic rings. The van der Waals surface area contributed by atoms with Gasteiger partial charge in [0.25, 0.3) is 0 Å². The van der Waals surface area contributed by atoms with Crippen LogP contribution < -0.4 is 16.6 Å². The van der Waals surface area contributed by atoms with E-state index in [0.29, 0.717) is 0 Å². The van der Waals surface area contributed by atoms with Crippen LogP contribution in [-0.2, 0) is 9.59 Å². The summed E-state index contributed by atoms with van der Waals surface area (Å²) in [6, 6.07) is -0.985. The van der Waals surface area contributed by atoms with Crippen molar-refractivity contribution >= 4 is 24.5 Å². The average molecular weight is 180 g/mol. The second-order valence-corrected chi connectivity index (χ2v) is 2.12. The molecule has 0 fully saturated rings. The fourth-order valence-corrected chi connectivity index (χ4v) is 0.665. The maximum atomic E-state index is 10.3. The van der Waals surface area contributed by atoms with Gasteiger partial charge in [-0.3, -0.25) is 4.79 Å². The average Bonchev–Trinajstić information content (AvgIpc) is 1.81. The molecule has 5 N–H and O–H groups in total. The smallest absolute Gasteiger partial charge is 0.217 e. The van der Waals surface area contributed by atoms with Crippen molar-refractivity contribution in [3.05, 3.63) is 0 Å². The molecular formula is C5H12N2O3S. The van der Waals surface area contributed by atoms with Crippen molar-refractivity contribution in [2.24, 2.45) is 0 Å². The molecule has 11 heavy (non-hydrogen) atoms. The Morgan fingerprint density at radius 1 is 1.64 bits per heavy atom. The molecule has 0 aromatic carbocycles. The number of carbonyl (C=O) groups excluding carboxylic acids is 2. The van der Waals surface area contributed by atoms with Gasteiger partial charge in [0, 0.05) is 12.7 Å². The molecule has 0 bridgehead atoms. The molecule has 6 heteroatoms. The molecule has 0 saturated heterocycles. The lowest BCUT2D eigenvalue weighted by molar-refractivity contribution is -0.307. The highest BCUT2D eigenvalue weighted by Gasteiger charge is 2.06. The Bertz CT molecular complexity index is 151. The fourth-order valence-electron chi connectivity index (χ4n) is 0.424. The van der Waals surface area contributed by atoms with Gasteiger partial charge in [0.15, 0.2) is 0 Å². The van der Waals surface area contributed by atoms with Gasteiger partial charge in [0.2, 0.25) is 5.91 Å². The molecule has 0 radical (unpaired) electrons. The van der Waals surface area contributed by atoms with Crippen LogP contribution in [0.3, 0.4) is 0 Å². The number of carboxylic acids is 1. The van der Waals surface area contributed by atoms with Gasteiger partial charge in [-0.2, -0.15) is 12.6 Å². The SMILES string of the molecule is CC(=O)N[C@@H](CS)C(=O)[O-].[NH4+]. The standard InChI is InChI=1S/C5H9NO3S.H3N/c1-3(7)6-4(2-10)5(8)9;/h4,10H,2H2,1H3,(H,6,7)(H,8,9);1H3/t4-;/m0./s1. The fraction of sp³-hybridized carbons (Fsp3) is 0.600. The van der Waals surface area contributed by atoms with Crippen molar-refractivity contribution in [3.63, 3.8) is 0 Å². The molecule has 0 aliphatic rings. The zero-order chi connectivity index (χ0) is 8.15. The zero-order valence-electron chi connectivity index (χ0n) is 6.46. The molecule has 0 rings (SSSR count). The first kappa shape index (κ1) is 12.9. The second kappa shape index (κ2) is 5.99.